The van der Waals surface area contributed by atoms with E-state index in [0.29, 0.717) is 72.9 Å². The van der Waals surface area contributed by atoms with Crippen molar-refractivity contribution in [3.05, 3.63) is 41.0 Å². The van der Waals surface area contributed by atoms with Crippen LogP contribution in [0.15, 0.2) is 31.0 Å². The molecule has 1 amide bonds. The smallest absolute Gasteiger partial charge is 0.243 e. The number of halogens is 2. The molecule has 0 radical (unpaired) electrons. The summed E-state index contributed by atoms with van der Waals surface area (Å²) in [6, 6.07) is 3.33. The topological polar surface area (TPSA) is 129 Å². The van der Waals surface area contributed by atoms with Gasteiger partial charge in [-0.25, -0.2) is 15.0 Å². The second-order valence-electron chi connectivity index (χ2n) is 9.73. The highest BCUT2D eigenvalue weighted by molar-refractivity contribution is 6.41. The second-order valence-corrected chi connectivity index (χ2v) is 10.5. The lowest BCUT2D eigenvalue weighted by Crippen LogP contribution is -2.52. The lowest BCUT2D eigenvalue weighted by molar-refractivity contribution is -0.117. The number of nitrogens with one attached hydrogen (secondary N) is 3. The number of nitrogens with zero attached hydrogens (tertiary/aromatic N) is 3. The van der Waals surface area contributed by atoms with Gasteiger partial charge < -0.3 is 34.9 Å². The SMILES string of the molecule is C=CC(=O)N[C@H]1CCOC[C@H]1Nc1cc2c(NC3CCOCC3)nc(-c3c(Cl)c(OC)cc(OC)c3Cl)nc2cn1. The molecule has 11 nitrogen and oxygen atoms in total. The van der Waals surface area contributed by atoms with Crippen LogP contribution in [0.2, 0.25) is 10.0 Å². The third-order valence-corrected chi connectivity index (χ3v) is 7.89. The zero-order chi connectivity index (χ0) is 28.9. The fourth-order valence-electron chi connectivity index (χ4n) is 4.93. The third-order valence-electron chi connectivity index (χ3n) is 7.14. The highest BCUT2D eigenvalue weighted by atomic mass is 35.5. The second kappa shape index (κ2) is 13.1. The number of carbonyl (C=O) groups is 1. The standard InChI is InChI=1S/C28H32Cl2N6O5/c1-4-23(37)34-17-7-10-41-14-19(17)33-22-11-16-18(13-31-22)35-28(36-27(16)32-15-5-8-40-9-6-15)24-25(29)20(38-2)12-21(39-3)26(24)30/h4,11-13,15,17,19H,1,5-10,14H2,2-3H3,(H,31,33)(H,34,37)(H,32,35,36)/t17-,19+/m0/s1. The number of benzene rings is 1. The van der Waals surface area contributed by atoms with Crippen molar-refractivity contribution in [3.63, 3.8) is 0 Å². The van der Waals surface area contributed by atoms with E-state index in [-0.39, 0.29) is 34.1 Å². The van der Waals surface area contributed by atoms with E-state index in [4.69, 9.17) is 52.1 Å². The summed E-state index contributed by atoms with van der Waals surface area (Å²) in [7, 11) is 3.03. The van der Waals surface area contributed by atoms with Gasteiger partial charge in [0.1, 0.15) is 23.1 Å². The molecular weight excluding hydrogens is 571 g/mol. The van der Waals surface area contributed by atoms with Gasteiger partial charge in [0, 0.05) is 37.3 Å². The molecule has 2 aliphatic heterocycles. The van der Waals surface area contributed by atoms with Gasteiger partial charge in [-0.15, -0.1) is 0 Å². The van der Waals surface area contributed by atoms with E-state index in [1.807, 2.05) is 6.07 Å². The van der Waals surface area contributed by atoms with Crippen LogP contribution in [-0.4, -0.2) is 79.6 Å². The Labute approximate surface area is 247 Å². The van der Waals surface area contributed by atoms with Crippen molar-refractivity contribution < 1.29 is 23.7 Å². The number of ether oxygens (including phenoxy) is 4. The van der Waals surface area contributed by atoms with E-state index in [2.05, 4.69) is 27.5 Å². The Bertz CT molecular complexity index is 1410. The number of aromatic nitrogens is 3. The predicted molar refractivity (Wildman–Crippen MR) is 158 cm³/mol. The normalized spacial score (nSPS) is 19.4. The minimum absolute atomic E-state index is 0.141. The Morgan fingerprint density at radius 2 is 1.71 bits per heavy atom. The monoisotopic (exact) mass is 602 g/mol. The fourth-order valence-corrected chi connectivity index (χ4v) is 5.60. The Kier molecular flexibility index (Phi) is 9.29. The first-order valence-electron chi connectivity index (χ1n) is 13.3. The molecule has 218 valence electrons. The van der Waals surface area contributed by atoms with Gasteiger partial charge >= 0.3 is 0 Å². The van der Waals surface area contributed by atoms with Crippen LogP contribution in [0.3, 0.4) is 0 Å². The summed E-state index contributed by atoms with van der Waals surface area (Å²) in [4.78, 5) is 26.3. The zero-order valence-electron chi connectivity index (χ0n) is 22.8. The van der Waals surface area contributed by atoms with Crippen molar-refractivity contribution in [1.29, 1.82) is 0 Å². The van der Waals surface area contributed by atoms with Crippen molar-refractivity contribution in [3.8, 4) is 22.9 Å². The van der Waals surface area contributed by atoms with E-state index in [1.54, 1.807) is 12.3 Å². The maximum absolute atomic E-state index is 12.0. The van der Waals surface area contributed by atoms with Crippen molar-refractivity contribution in [2.24, 2.45) is 0 Å². The van der Waals surface area contributed by atoms with Crippen molar-refractivity contribution in [2.75, 3.05) is 51.3 Å². The molecule has 5 rings (SSSR count). The van der Waals surface area contributed by atoms with Gasteiger partial charge in [-0.05, 0) is 31.4 Å². The maximum atomic E-state index is 12.0. The molecule has 3 aromatic rings. The number of methoxy groups -OCH3 is 2. The number of anilines is 2. The molecule has 2 saturated heterocycles. The molecule has 0 bridgehead atoms. The van der Waals surface area contributed by atoms with Gasteiger partial charge in [0.05, 0.1) is 60.2 Å². The number of carbonyl (C=O) groups excluding carboxylic acids is 1. The summed E-state index contributed by atoms with van der Waals surface area (Å²) in [6.45, 7) is 5.84. The Morgan fingerprint density at radius 3 is 2.39 bits per heavy atom. The minimum atomic E-state index is -0.231. The quantitative estimate of drug-likeness (QED) is 0.301. The van der Waals surface area contributed by atoms with E-state index in [0.717, 1.165) is 18.2 Å². The molecule has 0 spiro atoms. The number of amides is 1. The first-order valence-corrected chi connectivity index (χ1v) is 14.1. The molecule has 0 saturated carbocycles. The van der Waals surface area contributed by atoms with Crippen molar-refractivity contribution >= 4 is 51.6 Å². The van der Waals surface area contributed by atoms with E-state index in [1.165, 1.54) is 20.3 Å². The summed E-state index contributed by atoms with van der Waals surface area (Å²) in [6.07, 6.45) is 5.25. The largest absolute Gasteiger partial charge is 0.495 e. The van der Waals surface area contributed by atoms with Gasteiger partial charge in [-0.2, -0.15) is 0 Å². The molecule has 2 aliphatic rings. The summed E-state index contributed by atoms with van der Waals surface area (Å²) >= 11 is 13.4. The van der Waals surface area contributed by atoms with E-state index < -0.39 is 0 Å². The molecule has 2 aromatic heterocycles. The maximum Gasteiger partial charge on any atom is 0.243 e. The molecule has 2 atom stereocenters. The van der Waals surface area contributed by atoms with Gasteiger partial charge in [0.15, 0.2) is 5.82 Å². The fraction of sp³-hybridized carbons (Fsp3) is 0.429. The highest BCUT2D eigenvalue weighted by Gasteiger charge is 2.28. The Balaban J connectivity index is 1.56. The van der Waals surface area contributed by atoms with E-state index >= 15 is 0 Å². The van der Waals surface area contributed by atoms with Gasteiger partial charge in [0.2, 0.25) is 5.91 Å². The number of rotatable bonds is 9. The lowest BCUT2D eigenvalue weighted by Gasteiger charge is -2.32. The van der Waals surface area contributed by atoms with Crippen molar-refractivity contribution in [2.45, 2.75) is 37.4 Å². The summed E-state index contributed by atoms with van der Waals surface area (Å²) in [5.41, 5.74) is 0.976. The van der Waals surface area contributed by atoms with Crippen LogP contribution >= 0.6 is 23.2 Å². The van der Waals surface area contributed by atoms with Crippen LogP contribution in [-0.2, 0) is 14.3 Å². The van der Waals surface area contributed by atoms with Crippen molar-refractivity contribution in [1.82, 2.24) is 20.3 Å². The number of pyridine rings is 1. The molecule has 4 heterocycles. The minimum Gasteiger partial charge on any atom is -0.495 e. The third kappa shape index (κ3) is 6.43. The van der Waals surface area contributed by atoms with Gasteiger partial charge in [-0.3, -0.25) is 4.79 Å². The highest BCUT2D eigenvalue weighted by Crippen LogP contribution is 2.45. The molecule has 0 aliphatic carbocycles. The van der Waals surface area contributed by atoms with Crippen LogP contribution in [0.1, 0.15) is 19.3 Å². The first-order chi connectivity index (χ1) is 19.9. The van der Waals surface area contributed by atoms with Gasteiger partial charge in [0.25, 0.3) is 0 Å². The van der Waals surface area contributed by atoms with Crippen LogP contribution in [0, 0.1) is 0 Å². The lowest BCUT2D eigenvalue weighted by atomic mass is 10.0. The Morgan fingerprint density at radius 1 is 1.00 bits per heavy atom. The number of hydrogen-bond acceptors (Lipinski definition) is 10. The predicted octanol–water partition coefficient (Wildman–Crippen LogP) is 4.48. The van der Waals surface area contributed by atoms with Gasteiger partial charge in [-0.1, -0.05) is 29.8 Å². The summed E-state index contributed by atoms with van der Waals surface area (Å²) in [5, 5.41) is 11.3. The van der Waals surface area contributed by atoms with Crippen LogP contribution in [0.25, 0.3) is 22.3 Å². The Hall–Kier alpha value is -3.38. The molecule has 0 unspecified atom stereocenters. The van der Waals surface area contributed by atoms with Crippen LogP contribution in [0.5, 0.6) is 11.5 Å². The van der Waals surface area contributed by atoms with Crippen LogP contribution in [0.4, 0.5) is 11.6 Å². The summed E-state index contributed by atoms with van der Waals surface area (Å²) < 4.78 is 22.1. The number of hydrogen-bond donors (Lipinski definition) is 3. The summed E-state index contributed by atoms with van der Waals surface area (Å²) in [5.74, 6) is 2.04. The molecule has 1 aromatic carbocycles. The van der Waals surface area contributed by atoms with E-state index in [9.17, 15) is 4.79 Å². The van der Waals surface area contributed by atoms with Crippen LogP contribution < -0.4 is 25.4 Å². The zero-order valence-corrected chi connectivity index (χ0v) is 24.3. The average Bonchev–Trinajstić information content (AvgIpc) is 2.99. The molecule has 3 N–H and O–H groups in total. The molecule has 2 fully saturated rings. The number of fused-ring (bicyclic) bond motifs is 1. The molecular formula is C28H32Cl2N6O5. The first kappa shape index (κ1) is 29.1. The molecule has 13 heteroatoms. The average molecular weight is 604 g/mol. The molecule has 41 heavy (non-hydrogen) atoms.